The highest BCUT2D eigenvalue weighted by Crippen LogP contribution is 2.28. The highest BCUT2D eigenvalue weighted by Gasteiger charge is 2.29. The topological polar surface area (TPSA) is 85.1 Å². The van der Waals surface area contributed by atoms with E-state index >= 15 is 0 Å². The molecule has 212 valence electrons. The summed E-state index contributed by atoms with van der Waals surface area (Å²) in [5, 5.41) is 0. The standard InChI is InChI=1S/C33H41N3O4/c1-2-39-33(38)35-20-17-29(18-21-35)36(19-10-22-40-30-16-9-11-26(23-30)24-32(34)37)25-31(27-12-5-3-6-13-27)28-14-7-4-8-15-28/h3-9,11-16,23,29,31H,2,10,17-22,24-25H2,1H3,(H2,34,37). The molecule has 3 aromatic carbocycles. The van der Waals surface area contributed by atoms with Crippen molar-refractivity contribution >= 4 is 12.0 Å². The van der Waals surface area contributed by atoms with Gasteiger partial charge < -0.3 is 20.1 Å². The van der Waals surface area contributed by atoms with Gasteiger partial charge in [-0.2, -0.15) is 0 Å². The van der Waals surface area contributed by atoms with Gasteiger partial charge in [0.1, 0.15) is 5.75 Å². The van der Waals surface area contributed by atoms with Gasteiger partial charge in [-0.3, -0.25) is 9.69 Å². The highest BCUT2D eigenvalue weighted by atomic mass is 16.6. The van der Waals surface area contributed by atoms with Crippen LogP contribution < -0.4 is 10.5 Å². The minimum Gasteiger partial charge on any atom is -0.494 e. The van der Waals surface area contributed by atoms with Crippen LogP contribution in [0.2, 0.25) is 0 Å². The lowest BCUT2D eigenvalue weighted by Crippen LogP contribution is -2.48. The van der Waals surface area contributed by atoms with Crippen molar-refractivity contribution in [3.05, 3.63) is 102 Å². The molecule has 3 aromatic rings. The number of carbonyl (C=O) groups excluding carboxylic acids is 2. The smallest absolute Gasteiger partial charge is 0.409 e. The summed E-state index contributed by atoms with van der Waals surface area (Å²) in [6.07, 6.45) is 2.66. The second-order valence-electron chi connectivity index (χ2n) is 10.3. The van der Waals surface area contributed by atoms with Crippen molar-refractivity contribution in [2.45, 2.75) is 44.6 Å². The average molecular weight is 544 g/mol. The van der Waals surface area contributed by atoms with Gasteiger partial charge in [-0.25, -0.2) is 4.79 Å². The summed E-state index contributed by atoms with van der Waals surface area (Å²) >= 11 is 0. The molecule has 1 aliphatic rings. The van der Waals surface area contributed by atoms with Crippen molar-refractivity contribution in [1.82, 2.24) is 9.80 Å². The third kappa shape index (κ3) is 8.58. The van der Waals surface area contributed by atoms with Gasteiger partial charge in [0.25, 0.3) is 0 Å². The molecule has 1 heterocycles. The normalized spacial score (nSPS) is 13.9. The molecule has 0 aromatic heterocycles. The van der Waals surface area contributed by atoms with Crippen LogP contribution in [0.3, 0.4) is 0 Å². The summed E-state index contributed by atoms with van der Waals surface area (Å²) in [5.74, 6) is 0.629. The molecule has 40 heavy (non-hydrogen) atoms. The molecule has 7 heteroatoms. The first-order valence-corrected chi connectivity index (χ1v) is 14.3. The third-order valence-electron chi connectivity index (χ3n) is 7.46. The number of rotatable bonds is 13. The summed E-state index contributed by atoms with van der Waals surface area (Å²) in [6, 6.07) is 29.3. The summed E-state index contributed by atoms with van der Waals surface area (Å²) in [7, 11) is 0. The first-order chi connectivity index (χ1) is 19.5. The number of nitrogens with two attached hydrogens (primary N) is 1. The lowest BCUT2D eigenvalue weighted by atomic mass is 9.89. The summed E-state index contributed by atoms with van der Waals surface area (Å²) in [5.41, 5.74) is 8.80. The molecule has 0 atom stereocenters. The van der Waals surface area contributed by atoms with Crippen molar-refractivity contribution in [2.75, 3.05) is 39.4 Å². The number of carbonyl (C=O) groups is 2. The number of likely N-dealkylation sites (tertiary alicyclic amines) is 1. The van der Waals surface area contributed by atoms with Gasteiger partial charge in [0.15, 0.2) is 0 Å². The number of amides is 2. The molecule has 0 radical (unpaired) electrons. The van der Waals surface area contributed by atoms with E-state index in [-0.39, 0.29) is 24.3 Å². The quantitative estimate of drug-likeness (QED) is 0.298. The molecule has 0 bridgehead atoms. The number of piperidine rings is 1. The average Bonchev–Trinajstić information content (AvgIpc) is 2.98. The largest absolute Gasteiger partial charge is 0.494 e. The van der Waals surface area contributed by atoms with E-state index in [4.69, 9.17) is 15.2 Å². The van der Waals surface area contributed by atoms with Gasteiger partial charge in [-0.05, 0) is 55.0 Å². The van der Waals surface area contributed by atoms with Crippen molar-refractivity contribution in [3.63, 3.8) is 0 Å². The van der Waals surface area contributed by atoms with Crippen molar-refractivity contribution < 1.29 is 19.1 Å². The molecular weight excluding hydrogens is 502 g/mol. The van der Waals surface area contributed by atoms with Crippen LogP contribution in [0.1, 0.15) is 48.8 Å². The van der Waals surface area contributed by atoms with E-state index in [0.717, 1.165) is 43.7 Å². The maximum absolute atomic E-state index is 12.3. The second kappa shape index (κ2) is 15.1. The Morgan fingerprint density at radius 2 is 1.60 bits per heavy atom. The predicted octanol–water partition coefficient (Wildman–Crippen LogP) is 5.24. The Hall–Kier alpha value is -3.84. The zero-order valence-electron chi connectivity index (χ0n) is 23.4. The van der Waals surface area contributed by atoms with Crippen LogP contribution in [-0.4, -0.2) is 67.2 Å². The zero-order chi connectivity index (χ0) is 28.2. The molecule has 1 fully saturated rings. The Kier molecular flexibility index (Phi) is 11.0. The zero-order valence-corrected chi connectivity index (χ0v) is 23.4. The second-order valence-corrected chi connectivity index (χ2v) is 10.3. The number of primary amides is 1. The first kappa shape index (κ1) is 29.2. The van der Waals surface area contributed by atoms with Gasteiger partial charge in [-0.15, -0.1) is 0 Å². The van der Waals surface area contributed by atoms with E-state index in [1.165, 1.54) is 11.1 Å². The van der Waals surface area contributed by atoms with E-state index in [1.54, 1.807) is 0 Å². The van der Waals surface area contributed by atoms with Crippen molar-refractivity contribution in [1.29, 1.82) is 0 Å². The molecular formula is C33H41N3O4. The minimum atomic E-state index is -0.354. The van der Waals surface area contributed by atoms with Crippen LogP contribution >= 0.6 is 0 Å². The Morgan fingerprint density at radius 1 is 0.950 bits per heavy atom. The van der Waals surface area contributed by atoms with Gasteiger partial charge in [0.05, 0.1) is 19.6 Å². The maximum atomic E-state index is 12.3. The number of hydrogen-bond donors (Lipinski definition) is 1. The molecule has 0 unspecified atom stereocenters. The monoisotopic (exact) mass is 543 g/mol. The fourth-order valence-electron chi connectivity index (χ4n) is 5.46. The fourth-order valence-corrected chi connectivity index (χ4v) is 5.46. The predicted molar refractivity (Wildman–Crippen MR) is 157 cm³/mol. The van der Waals surface area contributed by atoms with Crippen molar-refractivity contribution in [3.8, 4) is 5.75 Å². The molecule has 1 aliphatic heterocycles. The van der Waals surface area contributed by atoms with Crippen LogP contribution in [-0.2, 0) is 16.0 Å². The number of ether oxygens (including phenoxy) is 2. The molecule has 2 N–H and O–H groups in total. The molecule has 0 aliphatic carbocycles. The van der Waals surface area contributed by atoms with E-state index in [0.29, 0.717) is 32.3 Å². The number of benzene rings is 3. The molecule has 0 saturated carbocycles. The Balaban J connectivity index is 1.45. The van der Waals surface area contributed by atoms with Crippen LogP contribution in [0.25, 0.3) is 0 Å². The first-order valence-electron chi connectivity index (χ1n) is 14.3. The van der Waals surface area contributed by atoms with Gasteiger partial charge in [-0.1, -0.05) is 72.8 Å². The lowest BCUT2D eigenvalue weighted by molar-refractivity contribution is -0.117. The number of hydrogen-bond acceptors (Lipinski definition) is 5. The molecule has 7 nitrogen and oxygen atoms in total. The van der Waals surface area contributed by atoms with E-state index in [2.05, 4.69) is 65.6 Å². The van der Waals surface area contributed by atoms with Gasteiger partial charge in [0.2, 0.25) is 5.91 Å². The van der Waals surface area contributed by atoms with Crippen LogP contribution in [0.4, 0.5) is 4.79 Å². The summed E-state index contributed by atoms with van der Waals surface area (Å²) in [4.78, 5) is 28.0. The minimum absolute atomic E-state index is 0.204. The van der Waals surface area contributed by atoms with Gasteiger partial charge >= 0.3 is 6.09 Å². The summed E-state index contributed by atoms with van der Waals surface area (Å²) < 4.78 is 11.3. The van der Waals surface area contributed by atoms with Crippen LogP contribution in [0.15, 0.2) is 84.9 Å². The third-order valence-corrected chi connectivity index (χ3v) is 7.46. The highest BCUT2D eigenvalue weighted by molar-refractivity contribution is 5.76. The summed E-state index contributed by atoms with van der Waals surface area (Å²) in [6.45, 7) is 5.96. The Labute approximate surface area is 237 Å². The van der Waals surface area contributed by atoms with Crippen LogP contribution in [0, 0.1) is 0 Å². The SMILES string of the molecule is CCOC(=O)N1CCC(N(CCCOc2cccc(CC(N)=O)c2)CC(c2ccccc2)c2ccccc2)CC1. The maximum Gasteiger partial charge on any atom is 0.409 e. The van der Waals surface area contributed by atoms with E-state index in [9.17, 15) is 9.59 Å². The lowest BCUT2D eigenvalue weighted by Gasteiger charge is -2.40. The molecule has 1 saturated heterocycles. The Bertz CT molecular complexity index is 1160. The van der Waals surface area contributed by atoms with Crippen LogP contribution in [0.5, 0.6) is 5.75 Å². The number of nitrogens with zero attached hydrogens (tertiary/aromatic N) is 2. The molecule has 0 spiro atoms. The van der Waals surface area contributed by atoms with Gasteiger partial charge in [0, 0.05) is 38.1 Å². The molecule has 2 amide bonds. The van der Waals surface area contributed by atoms with E-state index in [1.807, 2.05) is 36.1 Å². The Morgan fingerprint density at radius 3 is 2.20 bits per heavy atom. The van der Waals surface area contributed by atoms with Crippen molar-refractivity contribution in [2.24, 2.45) is 5.73 Å². The fraction of sp³-hybridized carbons (Fsp3) is 0.394. The molecule has 4 rings (SSSR count). The van der Waals surface area contributed by atoms with E-state index < -0.39 is 0 Å².